The third-order valence-corrected chi connectivity index (χ3v) is 12.1. The van der Waals surface area contributed by atoms with Crippen molar-refractivity contribution in [2.75, 3.05) is 119 Å². The number of amides is 8. The van der Waals surface area contributed by atoms with E-state index in [2.05, 4.69) is 42.5 Å². The van der Waals surface area contributed by atoms with E-state index in [-0.39, 0.29) is 72.1 Å². The van der Waals surface area contributed by atoms with E-state index in [1.54, 1.807) is 24.3 Å². The number of carbonyl (C=O) groups is 6. The summed E-state index contributed by atoms with van der Waals surface area (Å²) in [6, 6.07) is 6.46. The highest BCUT2D eigenvalue weighted by Crippen LogP contribution is 2.24. The van der Waals surface area contributed by atoms with Gasteiger partial charge in [-0.25, -0.2) is 9.59 Å². The largest absolute Gasteiger partial charge is 0.379 e. The Morgan fingerprint density at radius 2 is 0.829 bits per heavy atom. The molecule has 4 aliphatic heterocycles. The summed E-state index contributed by atoms with van der Waals surface area (Å²) in [4.78, 5) is 72.5. The van der Waals surface area contributed by atoms with E-state index >= 15 is 0 Å². The standard InChI is InChI=1S/C48H78N8O14/c57-41(14-3-1-12-39-43-37(33-69-39)53-47(61)55-43)49-16-6-20-63-24-28-67-30-26-65-22-8-18-51-45(59)35-10-5-11-36(32-35)46(60)52-19-9-23-66-27-31-68-29-25-64-21-7-17-50-42(58)15-4-2-13-40-44-38(34-70-40)54-48(62)56-44/h5,10-11,32,37-40,43-44H,1-4,6-9,12-31,33-34H2,(H,49,57)(H,50,58)(H,51,59)(H,52,60)(H2,53,55,61)(H2,54,56,62). The summed E-state index contributed by atoms with van der Waals surface area (Å²) in [5.74, 6) is -0.484. The highest BCUT2D eigenvalue weighted by Gasteiger charge is 2.44. The summed E-state index contributed by atoms with van der Waals surface area (Å²) in [5.41, 5.74) is 0.798. The molecule has 394 valence electrons. The topological polar surface area (TPSA) is 272 Å². The summed E-state index contributed by atoms with van der Waals surface area (Å²) < 4.78 is 44.9. The van der Waals surface area contributed by atoms with E-state index in [0.717, 1.165) is 38.5 Å². The van der Waals surface area contributed by atoms with Crippen LogP contribution in [0.5, 0.6) is 0 Å². The van der Waals surface area contributed by atoms with Gasteiger partial charge in [-0.05, 0) is 69.6 Å². The smallest absolute Gasteiger partial charge is 0.315 e. The molecule has 5 rings (SSSR count). The molecule has 0 spiro atoms. The van der Waals surface area contributed by atoms with Gasteiger partial charge < -0.3 is 80.4 Å². The molecule has 8 N–H and O–H groups in total. The summed E-state index contributed by atoms with van der Waals surface area (Å²) in [6.45, 7) is 8.48. The highest BCUT2D eigenvalue weighted by molar-refractivity contribution is 5.99. The minimum atomic E-state index is -0.267. The van der Waals surface area contributed by atoms with Crippen LogP contribution in [-0.4, -0.2) is 191 Å². The fourth-order valence-electron chi connectivity index (χ4n) is 8.37. The zero-order valence-corrected chi connectivity index (χ0v) is 40.7. The Morgan fingerprint density at radius 1 is 0.471 bits per heavy atom. The molecule has 6 atom stereocenters. The van der Waals surface area contributed by atoms with Crippen molar-refractivity contribution < 1.29 is 66.7 Å². The predicted octanol–water partition coefficient (Wildman–Crippen LogP) is 1.06. The number of unbranched alkanes of at least 4 members (excludes halogenated alkanes) is 2. The number of ether oxygens (including phenoxy) is 8. The molecule has 0 aromatic heterocycles. The molecule has 4 fully saturated rings. The van der Waals surface area contributed by atoms with Gasteiger partial charge in [-0.3, -0.25) is 19.2 Å². The minimum Gasteiger partial charge on any atom is -0.379 e. The lowest BCUT2D eigenvalue weighted by atomic mass is 10.0. The molecule has 4 aliphatic rings. The van der Waals surface area contributed by atoms with Gasteiger partial charge in [-0.2, -0.15) is 0 Å². The Labute approximate surface area is 411 Å². The van der Waals surface area contributed by atoms with E-state index < -0.39 is 0 Å². The molecular weight excluding hydrogens is 913 g/mol. The van der Waals surface area contributed by atoms with Crippen molar-refractivity contribution in [3.63, 3.8) is 0 Å². The maximum absolute atomic E-state index is 12.7. The van der Waals surface area contributed by atoms with Crippen LogP contribution in [0.1, 0.15) is 97.8 Å². The number of carbonyl (C=O) groups excluding carboxylic acids is 6. The first-order valence-electron chi connectivity index (χ1n) is 25.3. The Balaban J connectivity index is 0.714. The van der Waals surface area contributed by atoms with Crippen LogP contribution in [-0.2, 0) is 47.5 Å². The molecule has 22 nitrogen and oxygen atoms in total. The SMILES string of the molecule is O=C(CCCCC1OCC2NC(=O)NC21)NCCCOCCOCCOCCCNC(=O)c1cccc(C(=O)NCCCOCCOCCOCCCNC(=O)CCCCC2OCC3NC(=O)NC32)c1. The quantitative estimate of drug-likeness (QED) is 0.0428. The van der Waals surface area contributed by atoms with Crippen LogP contribution < -0.4 is 42.5 Å². The van der Waals surface area contributed by atoms with Gasteiger partial charge in [-0.1, -0.05) is 18.9 Å². The number of rotatable bonds is 40. The lowest BCUT2D eigenvalue weighted by Gasteiger charge is -2.16. The summed E-state index contributed by atoms with van der Waals surface area (Å²) in [5, 5.41) is 23.1. The molecule has 0 aliphatic carbocycles. The first kappa shape index (κ1) is 56.2. The van der Waals surface area contributed by atoms with Crippen molar-refractivity contribution in [1.29, 1.82) is 0 Å². The Hall–Kier alpha value is -4.68. The number of hydrogen-bond acceptors (Lipinski definition) is 14. The van der Waals surface area contributed by atoms with Crippen molar-refractivity contribution in [3.05, 3.63) is 35.4 Å². The lowest BCUT2D eigenvalue weighted by Crippen LogP contribution is -2.37. The molecule has 8 amide bonds. The molecule has 1 aromatic carbocycles. The van der Waals surface area contributed by atoms with Gasteiger partial charge in [0.15, 0.2) is 0 Å². The fraction of sp³-hybridized carbons (Fsp3) is 0.750. The van der Waals surface area contributed by atoms with E-state index in [9.17, 15) is 28.8 Å². The maximum Gasteiger partial charge on any atom is 0.315 e. The zero-order valence-electron chi connectivity index (χ0n) is 40.7. The third-order valence-electron chi connectivity index (χ3n) is 12.1. The second-order valence-electron chi connectivity index (χ2n) is 17.6. The second kappa shape index (κ2) is 33.8. The van der Waals surface area contributed by atoms with Crippen LogP contribution in [0.25, 0.3) is 0 Å². The Morgan fingerprint density at radius 3 is 1.21 bits per heavy atom. The van der Waals surface area contributed by atoms with E-state index in [0.29, 0.717) is 168 Å². The average Bonchev–Trinajstić information content (AvgIpc) is 4.13. The molecule has 1 aromatic rings. The van der Waals surface area contributed by atoms with E-state index in [1.807, 2.05) is 0 Å². The van der Waals surface area contributed by atoms with Crippen molar-refractivity contribution in [2.45, 2.75) is 113 Å². The van der Waals surface area contributed by atoms with Crippen LogP contribution >= 0.6 is 0 Å². The normalized spacial score (nSPS) is 21.0. The van der Waals surface area contributed by atoms with Crippen LogP contribution in [0.2, 0.25) is 0 Å². The number of hydrogen-bond donors (Lipinski definition) is 8. The van der Waals surface area contributed by atoms with Gasteiger partial charge in [0.2, 0.25) is 11.8 Å². The van der Waals surface area contributed by atoms with Crippen molar-refractivity contribution in [2.24, 2.45) is 0 Å². The van der Waals surface area contributed by atoms with Gasteiger partial charge in [0, 0.05) is 76.6 Å². The average molecular weight is 991 g/mol. The van der Waals surface area contributed by atoms with Crippen LogP contribution in [0.4, 0.5) is 9.59 Å². The lowest BCUT2D eigenvalue weighted by molar-refractivity contribution is -0.122. The number of benzene rings is 1. The molecule has 0 saturated carbocycles. The van der Waals surface area contributed by atoms with Crippen molar-refractivity contribution in [1.82, 2.24) is 42.5 Å². The molecule has 70 heavy (non-hydrogen) atoms. The fourth-order valence-corrected chi connectivity index (χ4v) is 8.37. The van der Waals surface area contributed by atoms with Gasteiger partial charge in [0.1, 0.15) is 0 Å². The first-order chi connectivity index (χ1) is 34.3. The van der Waals surface area contributed by atoms with Crippen LogP contribution in [0.3, 0.4) is 0 Å². The second-order valence-corrected chi connectivity index (χ2v) is 17.6. The molecule has 0 bridgehead atoms. The first-order valence-corrected chi connectivity index (χ1v) is 25.3. The molecule has 4 heterocycles. The molecular formula is C48H78N8O14. The van der Waals surface area contributed by atoms with Crippen LogP contribution in [0.15, 0.2) is 24.3 Å². The van der Waals surface area contributed by atoms with E-state index in [4.69, 9.17) is 37.9 Å². The monoisotopic (exact) mass is 991 g/mol. The molecule has 0 radical (unpaired) electrons. The maximum atomic E-state index is 12.7. The Kier molecular flexibility index (Phi) is 27.2. The number of fused-ring (bicyclic) bond motifs is 2. The minimum absolute atomic E-state index is 0.00418. The summed E-state index contributed by atoms with van der Waals surface area (Å²) >= 11 is 0. The van der Waals surface area contributed by atoms with Crippen LogP contribution in [0, 0.1) is 0 Å². The van der Waals surface area contributed by atoms with Crippen molar-refractivity contribution in [3.8, 4) is 0 Å². The Bertz CT molecular complexity index is 1610. The number of nitrogens with one attached hydrogen (secondary N) is 8. The molecule has 4 saturated heterocycles. The van der Waals surface area contributed by atoms with Gasteiger partial charge in [-0.15, -0.1) is 0 Å². The molecule has 6 unspecified atom stereocenters. The summed E-state index contributed by atoms with van der Waals surface area (Å²) in [6.07, 6.45) is 8.52. The van der Waals surface area contributed by atoms with Gasteiger partial charge >= 0.3 is 12.1 Å². The van der Waals surface area contributed by atoms with Crippen molar-refractivity contribution >= 4 is 35.7 Å². The highest BCUT2D eigenvalue weighted by atomic mass is 16.5. The predicted molar refractivity (Wildman–Crippen MR) is 255 cm³/mol. The third kappa shape index (κ3) is 22.2. The van der Waals surface area contributed by atoms with Gasteiger partial charge in [0.25, 0.3) is 11.8 Å². The number of urea groups is 2. The van der Waals surface area contributed by atoms with Gasteiger partial charge in [0.05, 0.1) is 102 Å². The zero-order chi connectivity index (χ0) is 49.4. The van der Waals surface area contributed by atoms with E-state index in [1.165, 1.54) is 0 Å². The molecule has 22 heteroatoms. The summed E-state index contributed by atoms with van der Waals surface area (Å²) in [7, 11) is 0.